The van der Waals surface area contributed by atoms with Crippen LogP contribution < -0.4 is 15.4 Å². The van der Waals surface area contributed by atoms with Crippen LogP contribution in [0, 0.1) is 11.3 Å². The summed E-state index contributed by atoms with van der Waals surface area (Å²) in [4.78, 5) is 1.96. The number of allylic oxidation sites excluding steroid dienone is 1. The van der Waals surface area contributed by atoms with E-state index >= 15 is 0 Å². The maximum Gasteiger partial charge on any atom is 0.205 e. The summed E-state index contributed by atoms with van der Waals surface area (Å²) in [6.07, 6.45) is 0. The Morgan fingerprint density at radius 1 is 1.17 bits per heavy atom. The molecule has 1 aliphatic heterocycles. The van der Waals surface area contributed by atoms with Crippen molar-refractivity contribution < 1.29 is 4.74 Å². The lowest BCUT2D eigenvalue weighted by Gasteiger charge is -2.28. The third kappa shape index (κ3) is 2.66. The Bertz CT molecular complexity index is 864. The van der Waals surface area contributed by atoms with Crippen molar-refractivity contribution in [3.63, 3.8) is 0 Å². The first-order valence-corrected chi connectivity index (χ1v) is 8.02. The first-order valence-electron chi connectivity index (χ1n) is 7.26. The second kappa shape index (κ2) is 6.27. The van der Waals surface area contributed by atoms with Gasteiger partial charge in [0, 0.05) is 47.0 Å². The van der Waals surface area contributed by atoms with E-state index in [0.29, 0.717) is 26.9 Å². The van der Waals surface area contributed by atoms with E-state index in [1.807, 2.05) is 37.2 Å². The zero-order valence-electron chi connectivity index (χ0n) is 13.2. The molecule has 0 radical (unpaired) electrons. The van der Waals surface area contributed by atoms with Crippen LogP contribution in [0.3, 0.4) is 0 Å². The van der Waals surface area contributed by atoms with Crippen molar-refractivity contribution in [2.24, 2.45) is 5.73 Å². The van der Waals surface area contributed by atoms with Gasteiger partial charge in [0.25, 0.3) is 0 Å². The fourth-order valence-electron chi connectivity index (χ4n) is 2.81. The third-order valence-electron chi connectivity index (χ3n) is 4.01. The van der Waals surface area contributed by atoms with Crippen molar-refractivity contribution in [1.82, 2.24) is 0 Å². The molecule has 0 spiro atoms. The summed E-state index contributed by atoms with van der Waals surface area (Å²) < 4.78 is 5.68. The van der Waals surface area contributed by atoms with Gasteiger partial charge in [-0.2, -0.15) is 5.26 Å². The standard InChI is InChI=1S/C18H15Cl2N3O/c1-23(2)10-6-7-11-15(8-10)24-18(22)12(9-21)16(11)17-13(19)4-3-5-14(17)20/h3-8,16H,22H2,1-2H3/t16-/m1/s1. The molecular weight excluding hydrogens is 345 g/mol. The van der Waals surface area contributed by atoms with Crippen LogP contribution in [0.5, 0.6) is 5.75 Å². The lowest BCUT2D eigenvalue weighted by Crippen LogP contribution is -2.22. The molecule has 6 heteroatoms. The molecule has 2 N–H and O–H groups in total. The van der Waals surface area contributed by atoms with Crippen LogP contribution in [-0.4, -0.2) is 14.1 Å². The molecule has 0 unspecified atom stereocenters. The average Bonchev–Trinajstić information content (AvgIpc) is 2.53. The maximum atomic E-state index is 9.58. The zero-order chi connectivity index (χ0) is 17.4. The molecule has 0 aliphatic carbocycles. The molecule has 0 saturated carbocycles. The molecule has 2 aromatic carbocycles. The van der Waals surface area contributed by atoms with Crippen molar-refractivity contribution in [3.05, 3.63) is 69.0 Å². The summed E-state index contributed by atoms with van der Waals surface area (Å²) in [7, 11) is 3.87. The van der Waals surface area contributed by atoms with Gasteiger partial charge in [-0.05, 0) is 18.2 Å². The number of nitrogens with two attached hydrogens (primary N) is 1. The van der Waals surface area contributed by atoms with Crippen molar-refractivity contribution in [2.75, 3.05) is 19.0 Å². The van der Waals surface area contributed by atoms with E-state index in [4.69, 9.17) is 33.7 Å². The molecule has 0 amide bonds. The Morgan fingerprint density at radius 2 is 1.83 bits per heavy atom. The van der Waals surface area contributed by atoms with Crippen molar-refractivity contribution in [3.8, 4) is 11.8 Å². The summed E-state index contributed by atoms with van der Waals surface area (Å²) in [5.41, 5.74) is 8.72. The van der Waals surface area contributed by atoms with E-state index < -0.39 is 5.92 Å². The first-order chi connectivity index (χ1) is 11.4. The Balaban J connectivity index is 2.27. The Labute approximate surface area is 150 Å². The normalized spacial score (nSPS) is 16.2. The lowest BCUT2D eigenvalue weighted by atomic mass is 9.83. The quantitative estimate of drug-likeness (QED) is 0.869. The maximum absolute atomic E-state index is 9.58. The molecule has 2 aromatic rings. The Morgan fingerprint density at radius 3 is 2.42 bits per heavy atom. The number of nitriles is 1. The number of anilines is 1. The van der Waals surface area contributed by atoms with Crippen LogP contribution in [0.15, 0.2) is 47.9 Å². The van der Waals surface area contributed by atoms with Crippen molar-refractivity contribution >= 4 is 28.9 Å². The number of fused-ring (bicyclic) bond motifs is 1. The highest BCUT2D eigenvalue weighted by Gasteiger charge is 2.33. The largest absolute Gasteiger partial charge is 0.440 e. The van der Waals surface area contributed by atoms with Crippen LogP contribution in [0.4, 0.5) is 5.69 Å². The molecular formula is C18H15Cl2N3O. The fraction of sp³-hybridized carbons (Fsp3) is 0.167. The molecule has 0 saturated heterocycles. The minimum absolute atomic E-state index is 0.0712. The number of nitrogens with zero attached hydrogens (tertiary/aromatic N) is 2. The first kappa shape index (κ1) is 16.5. The van der Waals surface area contributed by atoms with Gasteiger partial charge in [0.2, 0.25) is 5.88 Å². The summed E-state index contributed by atoms with van der Waals surface area (Å²) in [6.45, 7) is 0. The van der Waals surface area contributed by atoms with E-state index in [1.165, 1.54) is 0 Å². The molecule has 0 fully saturated rings. The molecule has 4 nitrogen and oxygen atoms in total. The van der Waals surface area contributed by atoms with Crippen LogP contribution in [0.25, 0.3) is 0 Å². The van der Waals surface area contributed by atoms with Crippen molar-refractivity contribution in [2.45, 2.75) is 5.92 Å². The molecule has 122 valence electrons. The van der Waals surface area contributed by atoms with E-state index in [1.54, 1.807) is 18.2 Å². The van der Waals surface area contributed by atoms with Gasteiger partial charge in [-0.3, -0.25) is 0 Å². The average molecular weight is 360 g/mol. The van der Waals surface area contributed by atoms with Gasteiger partial charge in [-0.15, -0.1) is 0 Å². The number of halogens is 2. The monoisotopic (exact) mass is 359 g/mol. The van der Waals surface area contributed by atoms with E-state index in [9.17, 15) is 5.26 Å². The van der Waals surface area contributed by atoms with Gasteiger partial charge in [-0.1, -0.05) is 35.3 Å². The lowest BCUT2D eigenvalue weighted by molar-refractivity contribution is 0.394. The second-order valence-electron chi connectivity index (χ2n) is 5.68. The predicted molar refractivity (Wildman–Crippen MR) is 96.5 cm³/mol. The van der Waals surface area contributed by atoms with Crippen LogP contribution >= 0.6 is 23.2 Å². The molecule has 1 heterocycles. The van der Waals surface area contributed by atoms with E-state index in [0.717, 1.165) is 11.3 Å². The SMILES string of the molecule is CN(C)c1ccc2c(c1)OC(N)=C(C#N)[C@@H]2c1c(Cl)cccc1Cl. The molecule has 24 heavy (non-hydrogen) atoms. The summed E-state index contributed by atoms with van der Waals surface area (Å²) in [5, 5.41) is 10.5. The van der Waals surface area contributed by atoms with E-state index in [2.05, 4.69) is 6.07 Å². The second-order valence-corrected chi connectivity index (χ2v) is 6.49. The molecule has 0 aromatic heterocycles. The van der Waals surface area contributed by atoms with Gasteiger partial charge in [0.15, 0.2) is 0 Å². The number of rotatable bonds is 2. The van der Waals surface area contributed by atoms with Gasteiger partial charge >= 0.3 is 0 Å². The fourth-order valence-corrected chi connectivity index (χ4v) is 3.42. The number of benzene rings is 2. The predicted octanol–water partition coefficient (Wildman–Crippen LogP) is 4.28. The number of ether oxygens (including phenoxy) is 1. The topological polar surface area (TPSA) is 62.3 Å². The highest BCUT2D eigenvalue weighted by atomic mass is 35.5. The summed E-state index contributed by atoms with van der Waals surface area (Å²) in [5.74, 6) is 0.205. The Hall–Kier alpha value is -2.35. The van der Waals surface area contributed by atoms with Gasteiger partial charge in [0.1, 0.15) is 17.4 Å². The highest BCUT2D eigenvalue weighted by molar-refractivity contribution is 6.36. The van der Waals surface area contributed by atoms with Gasteiger partial charge in [-0.25, -0.2) is 0 Å². The minimum atomic E-state index is -0.462. The summed E-state index contributed by atoms with van der Waals surface area (Å²) in [6, 6.07) is 13.2. The number of hydrogen-bond donors (Lipinski definition) is 1. The van der Waals surface area contributed by atoms with Gasteiger partial charge in [0.05, 0.1) is 5.92 Å². The minimum Gasteiger partial charge on any atom is -0.440 e. The molecule has 3 rings (SSSR count). The van der Waals surface area contributed by atoms with Crippen LogP contribution in [-0.2, 0) is 0 Å². The van der Waals surface area contributed by atoms with Crippen LogP contribution in [0.1, 0.15) is 17.0 Å². The van der Waals surface area contributed by atoms with Crippen molar-refractivity contribution in [1.29, 1.82) is 5.26 Å². The van der Waals surface area contributed by atoms with Gasteiger partial charge < -0.3 is 15.4 Å². The molecule has 1 aliphatic rings. The third-order valence-corrected chi connectivity index (χ3v) is 4.67. The van der Waals surface area contributed by atoms with Crippen LogP contribution in [0.2, 0.25) is 10.0 Å². The highest BCUT2D eigenvalue weighted by Crippen LogP contribution is 2.47. The summed E-state index contributed by atoms with van der Waals surface area (Å²) >= 11 is 12.7. The smallest absolute Gasteiger partial charge is 0.205 e. The Kier molecular flexibility index (Phi) is 4.31. The zero-order valence-corrected chi connectivity index (χ0v) is 14.7. The number of hydrogen-bond acceptors (Lipinski definition) is 4. The molecule has 1 atom stereocenters. The van der Waals surface area contributed by atoms with E-state index in [-0.39, 0.29) is 5.88 Å². The molecule has 0 bridgehead atoms.